The summed E-state index contributed by atoms with van der Waals surface area (Å²) in [7, 11) is 0. The summed E-state index contributed by atoms with van der Waals surface area (Å²) in [5.74, 6) is 3.19. The second kappa shape index (κ2) is 6.07. The van der Waals surface area contributed by atoms with Crippen molar-refractivity contribution in [3.05, 3.63) is 64.1 Å². The van der Waals surface area contributed by atoms with Crippen molar-refractivity contribution in [1.29, 1.82) is 0 Å². The Hall–Kier alpha value is -1.00. The summed E-state index contributed by atoms with van der Waals surface area (Å²) in [4.78, 5) is 3.25. The van der Waals surface area contributed by atoms with Gasteiger partial charge in [0.2, 0.25) is 0 Å². The molecule has 84 valence electrons. The summed E-state index contributed by atoms with van der Waals surface area (Å²) in [6, 6.07) is 16.7. The molecule has 0 radical (unpaired) electrons. The van der Waals surface area contributed by atoms with Gasteiger partial charge in [0.25, 0.3) is 0 Å². The van der Waals surface area contributed by atoms with E-state index in [-0.39, 0.29) is 15.0 Å². The van der Waals surface area contributed by atoms with E-state index in [1.165, 1.54) is 10.0 Å². The first-order valence-corrected chi connectivity index (χ1v) is 7.75. The third-order valence-electron chi connectivity index (χ3n) is 2.23. The molecule has 0 aliphatic rings. The van der Waals surface area contributed by atoms with Crippen molar-refractivity contribution in [1.82, 2.24) is 0 Å². The molecule has 0 atom stereocenters. The Labute approximate surface area is 117 Å². The fourth-order valence-corrected chi connectivity index (χ4v) is 2.72. The number of aryl methyl sites for hydroxylation is 1. The molecule has 0 spiro atoms. The minimum atomic E-state index is 0.237. The molecule has 0 saturated carbocycles. The van der Waals surface area contributed by atoms with Gasteiger partial charge in [-0.2, -0.15) is 0 Å². The summed E-state index contributed by atoms with van der Waals surface area (Å²) in [6.07, 6.45) is 0. The Bertz CT molecular complexity index is 544. The first kappa shape index (κ1) is 12.5. The van der Waals surface area contributed by atoms with Crippen LogP contribution in [0.25, 0.3) is 0 Å². The van der Waals surface area contributed by atoms with Crippen LogP contribution in [-0.2, 0) is 0 Å². The monoisotopic (exact) mass is 350 g/mol. The van der Waals surface area contributed by atoms with Crippen LogP contribution in [0.5, 0.6) is 0 Å². The van der Waals surface area contributed by atoms with Gasteiger partial charge in [0.15, 0.2) is 0 Å². The van der Waals surface area contributed by atoms with Crippen molar-refractivity contribution in [3.63, 3.8) is 0 Å². The van der Waals surface area contributed by atoms with Gasteiger partial charge in [0, 0.05) is 0 Å². The molecule has 0 saturated heterocycles. The van der Waals surface area contributed by atoms with Gasteiger partial charge in [-0.05, 0) is 0 Å². The van der Waals surface area contributed by atoms with Crippen LogP contribution in [0.1, 0.15) is 11.1 Å². The van der Waals surface area contributed by atoms with Crippen LogP contribution in [0.3, 0.4) is 0 Å². The second-order valence-electron chi connectivity index (χ2n) is 3.65. The molecule has 0 aliphatic heterocycles. The van der Waals surface area contributed by atoms with Crippen LogP contribution in [0, 0.1) is 17.7 Å². The van der Waals surface area contributed by atoms with Gasteiger partial charge in [-0.3, -0.25) is 0 Å². The number of hydrogen-bond acceptors (Lipinski definition) is 0. The molecule has 0 nitrogen and oxygen atoms in total. The van der Waals surface area contributed by atoms with E-state index in [2.05, 4.69) is 57.9 Å². The van der Waals surface area contributed by atoms with E-state index in [1.807, 2.05) is 24.3 Å². The van der Waals surface area contributed by atoms with Crippen molar-refractivity contribution in [2.75, 3.05) is 0 Å². The van der Waals surface area contributed by atoms with Crippen molar-refractivity contribution in [2.45, 2.75) is 6.92 Å². The third kappa shape index (κ3) is 4.06. The van der Waals surface area contributed by atoms with Gasteiger partial charge in [0.1, 0.15) is 0 Å². The van der Waals surface area contributed by atoms with Gasteiger partial charge in [-0.15, -0.1) is 0 Å². The summed E-state index contributed by atoms with van der Waals surface area (Å²) in [6.45, 7) is 2.10. The molecular weight excluding hydrogens is 339 g/mol. The van der Waals surface area contributed by atoms with Crippen LogP contribution in [0.2, 0.25) is 0 Å². The Balaban J connectivity index is 2.03. The molecule has 0 aromatic heterocycles. The molecule has 0 N–H and O–H groups in total. The summed E-state index contributed by atoms with van der Waals surface area (Å²) in [5, 5.41) is 0. The molecule has 0 heterocycles. The summed E-state index contributed by atoms with van der Waals surface area (Å²) < 4.78 is 2.42. The minimum absolute atomic E-state index is 0.237. The zero-order valence-electron chi connectivity index (χ0n) is 9.41. The van der Waals surface area contributed by atoms with Crippen molar-refractivity contribution < 1.29 is 0 Å². The number of hydrogen-bond donors (Lipinski definition) is 0. The van der Waals surface area contributed by atoms with Crippen molar-refractivity contribution in [2.24, 2.45) is 0 Å². The topological polar surface area (TPSA) is 0 Å². The zero-order chi connectivity index (χ0) is 12.1. The molecule has 2 aromatic carbocycles. The Morgan fingerprint density at radius 3 is 2.24 bits per heavy atom. The number of benzene rings is 2. The summed E-state index contributed by atoms with van der Waals surface area (Å²) in [5.41, 5.74) is 2.37. The molecule has 2 heteroatoms. The Kier molecular flexibility index (Phi) is 4.45. The molecule has 2 rings (SSSR count). The van der Waals surface area contributed by atoms with E-state index < -0.39 is 0 Å². The number of rotatable bonds is 1. The van der Waals surface area contributed by atoms with E-state index in [4.69, 9.17) is 0 Å². The van der Waals surface area contributed by atoms with Crippen LogP contribution in [-0.4, -0.2) is 15.0 Å². The summed E-state index contributed by atoms with van der Waals surface area (Å²) >= 11 is 3.65. The predicted molar refractivity (Wildman–Crippen MR) is 77.6 cm³/mol. The second-order valence-corrected chi connectivity index (χ2v) is 6.41. The third-order valence-corrected chi connectivity index (χ3v) is 4.25. The standard InChI is InChI=1S/C15H11BrSe/c1-12-2-8-15(9-3-12)17-11-10-13-4-6-14(16)7-5-13/h2-9H,1H3. The van der Waals surface area contributed by atoms with Crippen molar-refractivity contribution in [3.8, 4) is 10.7 Å². The SMILES string of the molecule is Cc1ccc([Se]C#Cc2ccc(Br)cc2)cc1. The molecule has 0 unspecified atom stereocenters. The normalized spacial score (nSPS) is 9.53. The van der Waals surface area contributed by atoms with Gasteiger partial charge in [-0.25, -0.2) is 0 Å². The van der Waals surface area contributed by atoms with Crippen molar-refractivity contribution >= 4 is 35.3 Å². The molecule has 17 heavy (non-hydrogen) atoms. The molecule has 2 aromatic rings. The Morgan fingerprint density at radius 1 is 0.941 bits per heavy atom. The predicted octanol–water partition coefficient (Wildman–Crippen LogP) is 3.10. The van der Waals surface area contributed by atoms with Gasteiger partial charge in [0.05, 0.1) is 0 Å². The van der Waals surface area contributed by atoms with Gasteiger partial charge in [-0.1, -0.05) is 0 Å². The van der Waals surface area contributed by atoms with Gasteiger partial charge >= 0.3 is 117 Å². The average molecular weight is 350 g/mol. The number of halogens is 1. The van der Waals surface area contributed by atoms with Gasteiger partial charge < -0.3 is 0 Å². The van der Waals surface area contributed by atoms with E-state index in [1.54, 1.807) is 0 Å². The van der Waals surface area contributed by atoms with E-state index in [9.17, 15) is 0 Å². The molecule has 0 aliphatic carbocycles. The first-order chi connectivity index (χ1) is 8.24. The quantitative estimate of drug-likeness (QED) is 0.548. The maximum absolute atomic E-state index is 3.41. The zero-order valence-corrected chi connectivity index (χ0v) is 12.7. The van der Waals surface area contributed by atoms with Crippen LogP contribution in [0.4, 0.5) is 0 Å². The van der Waals surface area contributed by atoms with E-state index >= 15 is 0 Å². The average Bonchev–Trinajstić information content (AvgIpc) is 2.34. The van der Waals surface area contributed by atoms with E-state index in [0.29, 0.717) is 0 Å². The fraction of sp³-hybridized carbons (Fsp3) is 0.0667. The molecular formula is C15H11BrSe. The molecule has 0 amide bonds. The first-order valence-electron chi connectivity index (χ1n) is 5.24. The maximum atomic E-state index is 3.41. The molecule has 0 fully saturated rings. The van der Waals surface area contributed by atoms with Crippen LogP contribution in [0.15, 0.2) is 53.0 Å². The fourth-order valence-electron chi connectivity index (χ4n) is 1.28. The van der Waals surface area contributed by atoms with E-state index in [0.717, 1.165) is 10.0 Å². The molecule has 0 bridgehead atoms. The van der Waals surface area contributed by atoms with Crippen LogP contribution < -0.4 is 4.46 Å². The van der Waals surface area contributed by atoms with Crippen LogP contribution >= 0.6 is 15.9 Å². The Morgan fingerprint density at radius 2 is 1.59 bits per heavy atom.